The largest absolute Gasteiger partial charge is 0.242 e. The molecule has 1 saturated carbocycles. The molecular weight excluding hydrogens is 305 g/mol. The van der Waals surface area contributed by atoms with Gasteiger partial charge in [-0.05, 0) is 37.0 Å². The Morgan fingerprint density at radius 2 is 1.89 bits per heavy atom. The zero-order chi connectivity index (χ0) is 14.0. The van der Waals surface area contributed by atoms with Crippen molar-refractivity contribution in [2.45, 2.75) is 43.5 Å². The summed E-state index contributed by atoms with van der Waals surface area (Å²) in [6.45, 7) is 2.08. The van der Waals surface area contributed by atoms with Crippen molar-refractivity contribution in [2.75, 3.05) is 0 Å². The first-order chi connectivity index (χ1) is 8.90. The number of halogens is 2. The first kappa shape index (κ1) is 15.1. The molecule has 2 unspecified atom stereocenters. The molecule has 6 heteroatoms. The third-order valence-corrected chi connectivity index (χ3v) is 5.81. The van der Waals surface area contributed by atoms with Gasteiger partial charge in [0.15, 0.2) is 0 Å². The van der Waals surface area contributed by atoms with Gasteiger partial charge in [0.25, 0.3) is 0 Å². The molecule has 0 radical (unpaired) electrons. The molecule has 2 rings (SSSR count). The van der Waals surface area contributed by atoms with Gasteiger partial charge in [-0.25, -0.2) is 13.1 Å². The highest BCUT2D eigenvalue weighted by Gasteiger charge is 2.27. The molecule has 1 N–H and O–H groups in total. The van der Waals surface area contributed by atoms with E-state index in [1.807, 2.05) is 0 Å². The van der Waals surface area contributed by atoms with E-state index in [0.29, 0.717) is 10.9 Å². The molecule has 0 saturated heterocycles. The smallest absolute Gasteiger partial charge is 0.208 e. The molecule has 106 valence electrons. The lowest BCUT2D eigenvalue weighted by Gasteiger charge is -2.29. The molecular formula is C13H17Cl2NO2S. The van der Waals surface area contributed by atoms with Gasteiger partial charge in [-0.15, -0.1) is 0 Å². The van der Waals surface area contributed by atoms with Gasteiger partial charge in [-0.1, -0.05) is 43.0 Å². The number of benzene rings is 1. The molecule has 0 aromatic heterocycles. The van der Waals surface area contributed by atoms with E-state index in [0.717, 1.165) is 19.3 Å². The second kappa shape index (κ2) is 6.00. The van der Waals surface area contributed by atoms with Crippen molar-refractivity contribution in [3.8, 4) is 0 Å². The lowest BCUT2D eigenvalue weighted by molar-refractivity contribution is 0.310. The first-order valence-electron chi connectivity index (χ1n) is 6.37. The van der Waals surface area contributed by atoms with E-state index < -0.39 is 10.0 Å². The lowest BCUT2D eigenvalue weighted by atomic mass is 9.87. The molecule has 0 spiro atoms. The molecule has 1 aromatic rings. The number of hydrogen-bond acceptors (Lipinski definition) is 2. The molecule has 0 bridgehead atoms. The third-order valence-electron chi connectivity index (χ3n) is 3.60. The molecule has 2 atom stereocenters. The number of sulfonamides is 1. The van der Waals surface area contributed by atoms with Crippen LogP contribution in [0.1, 0.15) is 32.6 Å². The second-order valence-electron chi connectivity index (χ2n) is 5.06. The summed E-state index contributed by atoms with van der Waals surface area (Å²) in [4.78, 5) is 0.0938. The molecule has 1 aromatic carbocycles. The van der Waals surface area contributed by atoms with Crippen LogP contribution in [0.15, 0.2) is 23.1 Å². The fourth-order valence-corrected chi connectivity index (χ4v) is 4.60. The Morgan fingerprint density at radius 3 is 2.53 bits per heavy atom. The number of nitrogens with one attached hydrogen (secondary N) is 1. The maximum atomic E-state index is 12.3. The third kappa shape index (κ3) is 3.63. The van der Waals surface area contributed by atoms with Gasteiger partial charge in [0, 0.05) is 11.1 Å². The van der Waals surface area contributed by atoms with Gasteiger partial charge >= 0.3 is 0 Å². The number of rotatable bonds is 3. The summed E-state index contributed by atoms with van der Waals surface area (Å²) in [5.74, 6) is 0.356. The van der Waals surface area contributed by atoms with E-state index in [2.05, 4.69) is 11.6 Å². The van der Waals surface area contributed by atoms with Gasteiger partial charge in [-0.2, -0.15) is 0 Å². The van der Waals surface area contributed by atoms with Gasteiger partial charge < -0.3 is 0 Å². The summed E-state index contributed by atoms with van der Waals surface area (Å²) in [6.07, 6.45) is 4.17. The minimum atomic E-state index is -3.58. The molecule has 3 nitrogen and oxygen atoms in total. The van der Waals surface area contributed by atoms with Crippen molar-refractivity contribution >= 4 is 33.2 Å². The average molecular weight is 322 g/mol. The van der Waals surface area contributed by atoms with Gasteiger partial charge in [0.2, 0.25) is 10.0 Å². The van der Waals surface area contributed by atoms with Crippen molar-refractivity contribution < 1.29 is 8.42 Å². The summed E-state index contributed by atoms with van der Waals surface area (Å²) < 4.78 is 27.4. The van der Waals surface area contributed by atoms with Crippen molar-refractivity contribution in [1.29, 1.82) is 0 Å². The topological polar surface area (TPSA) is 46.2 Å². The summed E-state index contributed by atoms with van der Waals surface area (Å²) in [7, 11) is -3.58. The summed E-state index contributed by atoms with van der Waals surface area (Å²) in [5, 5.41) is 0.582. The fraction of sp³-hybridized carbons (Fsp3) is 0.538. The van der Waals surface area contributed by atoms with Crippen LogP contribution in [0.25, 0.3) is 0 Å². The molecule has 1 fully saturated rings. The second-order valence-corrected chi connectivity index (χ2v) is 7.59. The van der Waals surface area contributed by atoms with Crippen molar-refractivity contribution in [3.63, 3.8) is 0 Å². The lowest BCUT2D eigenvalue weighted by Crippen LogP contribution is -2.41. The van der Waals surface area contributed by atoms with Crippen molar-refractivity contribution in [2.24, 2.45) is 5.92 Å². The predicted octanol–water partition coefficient (Wildman–Crippen LogP) is 3.85. The zero-order valence-electron chi connectivity index (χ0n) is 10.7. The van der Waals surface area contributed by atoms with E-state index in [4.69, 9.17) is 23.2 Å². The molecule has 0 amide bonds. The summed E-state index contributed by atoms with van der Waals surface area (Å²) in [6, 6.07) is 4.42. The molecule has 1 aliphatic carbocycles. The molecule has 1 aliphatic rings. The first-order valence-corrected chi connectivity index (χ1v) is 8.61. The molecule has 19 heavy (non-hydrogen) atoms. The minimum absolute atomic E-state index is 0.00880. The Bertz CT molecular complexity index is 560. The highest BCUT2D eigenvalue weighted by Crippen LogP contribution is 2.28. The van der Waals surface area contributed by atoms with Crippen LogP contribution < -0.4 is 4.72 Å². The van der Waals surface area contributed by atoms with Crippen LogP contribution in [0, 0.1) is 5.92 Å². The van der Waals surface area contributed by atoms with Crippen LogP contribution in [0.3, 0.4) is 0 Å². The maximum absolute atomic E-state index is 12.3. The van der Waals surface area contributed by atoms with Crippen LogP contribution in [0.5, 0.6) is 0 Å². The highest BCUT2D eigenvalue weighted by molar-refractivity contribution is 7.89. The van der Waals surface area contributed by atoms with E-state index >= 15 is 0 Å². The van der Waals surface area contributed by atoms with Crippen LogP contribution in [0.2, 0.25) is 10.0 Å². The van der Waals surface area contributed by atoms with Gasteiger partial charge in [0.1, 0.15) is 4.90 Å². The normalized spacial score (nSPS) is 24.4. The van der Waals surface area contributed by atoms with E-state index in [-0.39, 0.29) is 16.0 Å². The zero-order valence-corrected chi connectivity index (χ0v) is 13.0. The Morgan fingerprint density at radius 1 is 1.21 bits per heavy atom. The average Bonchev–Trinajstić information content (AvgIpc) is 2.31. The van der Waals surface area contributed by atoms with Crippen LogP contribution in [-0.2, 0) is 10.0 Å². The Labute approximate surface area is 124 Å². The van der Waals surface area contributed by atoms with Crippen LogP contribution in [-0.4, -0.2) is 14.5 Å². The predicted molar refractivity (Wildman–Crippen MR) is 78.2 cm³/mol. The van der Waals surface area contributed by atoms with E-state index in [9.17, 15) is 8.42 Å². The number of hydrogen-bond donors (Lipinski definition) is 1. The van der Waals surface area contributed by atoms with E-state index in [1.165, 1.54) is 24.6 Å². The Kier molecular flexibility index (Phi) is 4.77. The van der Waals surface area contributed by atoms with E-state index in [1.54, 1.807) is 0 Å². The summed E-state index contributed by atoms with van der Waals surface area (Å²) >= 11 is 11.7. The summed E-state index contributed by atoms with van der Waals surface area (Å²) in [5.41, 5.74) is 0. The maximum Gasteiger partial charge on any atom is 0.242 e. The molecule has 0 heterocycles. The fourth-order valence-electron chi connectivity index (χ4n) is 2.45. The standard InChI is InChI=1S/C13H17Cl2NO2S/c1-9-4-2-3-5-12(9)16-19(17,18)13-7-6-10(14)8-11(13)15/h6-9,12,16H,2-5H2,1H3. The minimum Gasteiger partial charge on any atom is -0.208 e. The van der Waals surface area contributed by atoms with Crippen LogP contribution in [0.4, 0.5) is 0 Å². The monoisotopic (exact) mass is 321 g/mol. The van der Waals surface area contributed by atoms with Crippen LogP contribution >= 0.6 is 23.2 Å². The molecule has 0 aliphatic heterocycles. The highest BCUT2D eigenvalue weighted by atomic mass is 35.5. The Hall–Kier alpha value is -0.290. The van der Waals surface area contributed by atoms with Crippen molar-refractivity contribution in [1.82, 2.24) is 4.72 Å². The quantitative estimate of drug-likeness (QED) is 0.919. The SMILES string of the molecule is CC1CCCCC1NS(=O)(=O)c1ccc(Cl)cc1Cl. The van der Waals surface area contributed by atoms with Crippen molar-refractivity contribution in [3.05, 3.63) is 28.2 Å². The Balaban J connectivity index is 2.22. The van der Waals surface area contributed by atoms with Gasteiger partial charge in [0.05, 0.1) is 5.02 Å². The van der Waals surface area contributed by atoms with Gasteiger partial charge in [-0.3, -0.25) is 0 Å².